The van der Waals surface area contributed by atoms with Crippen molar-refractivity contribution in [2.75, 3.05) is 5.32 Å². The van der Waals surface area contributed by atoms with E-state index in [-0.39, 0.29) is 13.1 Å². The number of nitrogens with zero attached hydrogens (tertiary/aromatic N) is 5. The van der Waals surface area contributed by atoms with Gasteiger partial charge in [-0.1, -0.05) is 30.4 Å². The maximum Gasteiger partial charge on any atom is 0.337 e. The number of benzene rings is 1. The molecule has 1 aliphatic rings. The number of hydrogen-bond acceptors (Lipinski definition) is 5. The molecular weight excluding hydrogens is 424 g/mol. The molecule has 2 heterocycles. The third kappa shape index (κ3) is 4.40. The summed E-state index contributed by atoms with van der Waals surface area (Å²) in [5.74, 6) is 0.205. The van der Waals surface area contributed by atoms with Gasteiger partial charge in [0.2, 0.25) is 5.91 Å². The minimum Gasteiger partial charge on any atom is -0.309 e. The first-order valence-electron chi connectivity index (χ1n) is 10.6. The molecule has 0 aliphatic heterocycles. The van der Waals surface area contributed by atoms with Crippen LogP contribution in [0.1, 0.15) is 24.5 Å². The van der Waals surface area contributed by atoms with Crippen LogP contribution in [0, 0.1) is 0 Å². The summed E-state index contributed by atoms with van der Waals surface area (Å²) in [5.41, 5.74) is -0.896. The Morgan fingerprint density at radius 1 is 0.970 bits per heavy atom. The fraction of sp³-hybridized carbons (Fsp3) is 0.261. The summed E-state index contributed by atoms with van der Waals surface area (Å²) in [7, 11) is 0. The van der Waals surface area contributed by atoms with E-state index < -0.39 is 29.5 Å². The number of para-hydroxylation sites is 1. The van der Waals surface area contributed by atoms with Crippen LogP contribution in [0.15, 0.2) is 76.1 Å². The zero-order valence-corrected chi connectivity index (χ0v) is 18.0. The average Bonchev–Trinajstić information content (AvgIpc) is 3.58. The van der Waals surface area contributed by atoms with Crippen LogP contribution >= 0.6 is 0 Å². The Bertz CT molecular complexity index is 1340. The molecule has 10 nitrogen and oxygen atoms in total. The van der Waals surface area contributed by atoms with Crippen LogP contribution < -0.4 is 22.4 Å². The molecule has 0 saturated heterocycles. The molecule has 1 saturated carbocycles. The fourth-order valence-electron chi connectivity index (χ4n) is 3.55. The van der Waals surface area contributed by atoms with E-state index in [1.165, 1.54) is 12.2 Å². The molecule has 0 atom stereocenters. The average molecular weight is 448 g/mol. The molecule has 1 N–H and O–H groups in total. The molecule has 3 aromatic rings. The van der Waals surface area contributed by atoms with E-state index in [1.807, 2.05) is 30.3 Å². The summed E-state index contributed by atoms with van der Waals surface area (Å²) in [5, 5.41) is 7.38. The van der Waals surface area contributed by atoms with Crippen molar-refractivity contribution < 1.29 is 4.79 Å². The van der Waals surface area contributed by atoms with E-state index >= 15 is 0 Å². The standard InChI is InChI=1S/C23H24N6O4/c1-3-12-26-21(31)27(13-4-2)23(33)28(22(26)32)15-20(30)24-19-14-18(16-10-11-16)25-29(19)17-8-6-5-7-9-17/h3-9,14,16H,1-2,10-13,15H2,(H,24,30). The largest absolute Gasteiger partial charge is 0.337 e. The highest BCUT2D eigenvalue weighted by Gasteiger charge is 2.28. The van der Waals surface area contributed by atoms with Crippen LogP contribution in [0.5, 0.6) is 0 Å². The molecule has 2 aromatic heterocycles. The molecule has 1 aromatic carbocycles. The number of hydrogen-bond donors (Lipinski definition) is 1. The summed E-state index contributed by atoms with van der Waals surface area (Å²) in [4.78, 5) is 51.0. The Morgan fingerprint density at radius 2 is 1.55 bits per heavy atom. The predicted octanol–water partition coefficient (Wildman–Crippen LogP) is 1.25. The molecule has 1 amide bonds. The predicted molar refractivity (Wildman–Crippen MR) is 124 cm³/mol. The van der Waals surface area contributed by atoms with Crippen molar-refractivity contribution in [3.05, 3.63) is 98.9 Å². The van der Waals surface area contributed by atoms with Crippen molar-refractivity contribution in [3.8, 4) is 5.69 Å². The van der Waals surface area contributed by atoms with E-state index in [4.69, 9.17) is 0 Å². The molecule has 33 heavy (non-hydrogen) atoms. The second-order valence-corrected chi connectivity index (χ2v) is 7.76. The lowest BCUT2D eigenvalue weighted by molar-refractivity contribution is -0.116. The van der Waals surface area contributed by atoms with Crippen molar-refractivity contribution >= 4 is 11.7 Å². The molecular formula is C23H24N6O4. The molecule has 10 heteroatoms. The van der Waals surface area contributed by atoms with Gasteiger partial charge in [-0.15, -0.1) is 13.2 Å². The van der Waals surface area contributed by atoms with Crippen LogP contribution in [0.3, 0.4) is 0 Å². The monoisotopic (exact) mass is 448 g/mol. The van der Waals surface area contributed by atoms with E-state index in [0.29, 0.717) is 11.7 Å². The third-order valence-corrected chi connectivity index (χ3v) is 5.30. The molecule has 0 unspecified atom stereocenters. The molecule has 1 fully saturated rings. The number of anilines is 1. The summed E-state index contributed by atoms with van der Waals surface area (Å²) in [6, 6.07) is 11.1. The second-order valence-electron chi connectivity index (χ2n) is 7.76. The van der Waals surface area contributed by atoms with Gasteiger partial charge >= 0.3 is 17.1 Å². The van der Waals surface area contributed by atoms with Gasteiger partial charge in [0.05, 0.1) is 24.5 Å². The van der Waals surface area contributed by atoms with Crippen LogP contribution in [-0.4, -0.2) is 29.4 Å². The SMILES string of the molecule is C=CCn1c(=O)n(CC=C)c(=O)n(CC(=O)Nc2cc(C3CC3)nn2-c2ccccc2)c1=O. The van der Waals surface area contributed by atoms with E-state index in [0.717, 1.165) is 37.9 Å². The minimum atomic E-state index is -0.879. The van der Waals surface area contributed by atoms with E-state index in [1.54, 1.807) is 10.7 Å². The Hall–Kier alpha value is -4.21. The van der Waals surface area contributed by atoms with Gasteiger partial charge in [0.15, 0.2) is 0 Å². The normalized spacial score (nSPS) is 13.0. The lowest BCUT2D eigenvalue weighted by atomic mass is 10.3. The van der Waals surface area contributed by atoms with Crippen molar-refractivity contribution in [2.45, 2.75) is 38.4 Å². The molecule has 0 spiro atoms. The molecule has 170 valence electrons. The number of nitrogens with one attached hydrogen (secondary N) is 1. The van der Waals surface area contributed by atoms with Gasteiger partial charge < -0.3 is 5.32 Å². The lowest BCUT2D eigenvalue weighted by Crippen LogP contribution is -2.55. The summed E-state index contributed by atoms with van der Waals surface area (Å²) in [6.45, 7) is 6.32. The van der Waals surface area contributed by atoms with Crippen molar-refractivity contribution in [1.29, 1.82) is 0 Å². The number of amides is 1. The number of aromatic nitrogens is 5. The zero-order chi connectivity index (χ0) is 23.5. The molecule has 4 rings (SSSR count). The minimum absolute atomic E-state index is 0.0950. The maximum atomic E-state index is 12.9. The van der Waals surface area contributed by atoms with Gasteiger partial charge in [-0.25, -0.2) is 32.8 Å². The molecule has 0 bridgehead atoms. The summed E-state index contributed by atoms with van der Waals surface area (Å²) in [6.07, 6.45) is 4.83. The fourth-order valence-corrected chi connectivity index (χ4v) is 3.55. The first kappa shape index (κ1) is 22.0. The van der Waals surface area contributed by atoms with Crippen LogP contribution in [0.4, 0.5) is 5.82 Å². The van der Waals surface area contributed by atoms with Crippen LogP contribution in [0.2, 0.25) is 0 Å². The van der Waals surface area contributed by atoms with Gasteiger partial charge in [-0.2, -0.15) is 5.10 Å². The van der Waals surface area contributed by atoms with Crippen molar-refractivity contribution in [2.24, 2.45) is 0 Å². The van der Waals surface area contributed by atoms with Crippen LogP contribution in [0.25, 0.3) is 5.69 Å². The molecule has 1 aliphatic carbocycles. The Balaban J connectivity index is 1.68. The topological polar surface area (TPSA) is 113 Å². The Morgan fingerprint density at radius 3 is 2.09 bits per heavy atom. The number of carbonyl (C=O) groups is 1. The van der Waals surface area contributed by atoms with Gasteiger partial charge in [-0.05, 0) is 25.0 Å². The van der Waals surface area contributed by atoms with E-state index in [9.17, 15) is 19.2 Å². The van der Waals surface area contributed by atoms with Crippen LogP contribution in [-0.2, 0) is 24.4 Å². The van der Waals surface area contributed by atoms with E-state index in [2.05, 4.69) is 23.6 Å². The number of carbonyl (C=O) groups excluding carboxylic acids is 1. The third-order valence-electron chi connectivity index (χ3n) is 5.30. The van der Waals surface area contributed by atoms with Crippen molar-refractivity contribution in [3.63, 3.8) is 0 Å². The number of rotatable bonds is 9. The van der Waals surface area contributed by atoms with Crippen molar-refractivity contribution in [1.82, 2.24) is 23.5 Å². The quantitative estimate of drug-likeness (QED) is 0.495. The highest BCUT2D eigenvalue weighted by molar-refractivity contribution is 5.90. The highest BCUT2D eigenvalue weighted by atomic mass is 16.2. The zero-order valence-electron chi connectivity index (χ0n) is 18.0. The number of allylic oxidation sites excluding steroid dienone is 2. The summed E-state index contributed by atoms with van der Waals surface area (Å²) >= 11 is 0. The van der Waals surface area contributed by atoms with Gasteiger partial charge in [-0.3, -0.25) is 4.79 Å². The van der Waals surface area contributed by atoms with Gasteiger partial charge in [0.25, 0.3) is 0 Å². The smallest absolute Gasteiger partial charge is 0.309 e. The lowest BCUT2D eigenvalue weighted by Gasteiger charge is -2.13. The maximum absolute atomic E-state index is 12.9. The highest BCUT2D eigenvalue weighted by Crippen LogP contribution is 2.40. The van der Waals surface area contributed by atoms with Gasteiger partial charge in [0.1, 0.15) is 12.4 Å². The molecule has 0 radical (unpaired) electrons. The Kier molecular flexibility index (Phi) is 6.07. The first-order valence-corrected chi connectivity index (χ1v) is 10.6. The second kappa shape index (κ2) is 9.11. The van der Waals surface area contributed by atoms with Gasteiger partial charge in [0, 0.05) is 12.0 Å². The first-order chi connectivity index (χ1) is 15.9. The summed E-state index contributed by atoms with van der Waals surface area (Å²) < 4.78 is 4.06. The Labute approximate surface area is 188 Å².